The van der Waals surface area contributed by atoms with Crippen LogP contribution in [0.1, 0.15) is 39.5 Å². The Kier molecular flexibility index (Phi) is 4.42. The fourth-order valence-electron chi connectivity index (χ4n) is 3.48. The Hall–Kier alpha value is -0.590. The first kappa shape index (κ1) is 12.9. The third-order valence-electron chi connectivity index (χ3n) is 4.06. The highest BCUT2D eigenvalue weighted by Crippen LogP contribution is 2.34. The number of nitriles is 1. The minimum absolute atomic E-state index is 0.00572. The van der Waals surface area contributed by atoms with Gasteiger partial charge in [-0.05, 0) is 44.9 Å². The lowest BCUT2D eigenvalue weighted by atomic mass is 9.78. The van der Waals surface area contributed by atoms with Crippen LogP contribution in [0.3, 0.4) is 0 Å². The van der Waals surface area contributed by atoms with Gasteiger partial charge in [-0.3, -0.25) is 5.32 Å². The van der Waals surface area contributed by atoms with Crippen molar-refractivity contribution in [3.63, 3.8) is 0 Å². The number of rotatable bonds is 4. The quantitative estimate of drug-likeness (QED) is 0.810. The van der Waals surface area contributed by atoms with E-state index in [1.54, 1.807) is 0 Å². The summed E-state index contributed by atoms with van der Waals surface area (Å²) in [4.78, 5) is 2.52. The number of hydrogen-bond acceptors (Lipinski definition) is 3. The van der Waals surface area contributed by atoms with Crippen molar-refractivity contribution in [2.24, 2.45) is 11.8 Å². The summed E-state index contributed by atoms with van der Waals surface area (Å²) < 4.78 is 0. The van der Waals surface area contributed by atoms with E-state index in [9.17, 15) is 0 Å². The molecule has 0 amide bonds. The molecule has 2 fully saturated rings. The van der Waals surface area contributed by atoms with Crippen LogP contribution < -0.4 is 5.32 Å². The van der Waals surface area contributed by atoms with E-state index < -0.39 is 0 Å². The molecule has 96 valence electrons. The van der Waals surface area contributed by atoms with Crippen LogP contribution in [0.15, 0.2) is 0 Å². The highest BCUT2D eigenvalue weighted by molar-refractivity contribution is 4.95. The average Bonchev–Trinajstić information content (AvgIpc) is 2.27. The van der Waals surface area contributed by atoms with Crippen molar-refractivity contribution in [2.45, 2.75) is 51.6 Å². The van der Waals surface area contributed by atoms with E-state index in [-0.39, 0.29) is 6.04 Å². The average molecular weight is 235 g/mol. The van der Waals surface area contributed by atoms with Crippen molar-refractivity contribution >= 4 is 0 Å². The Morgan fingerprint density at radius 2 is 1.94 bits per heavy atom. The van der Waals surface area contributed by atoms with Gasteiger partial charge in [0.15, 0.2) is 0 Å². The van der Waals surface area contributed by atoms with Crippen LogP contribution in [0.2, 0.25) is 0 Å². The van der Waals surface area contributed by atoms with Crippen LogP contribution in [0, 0.1) is 23.2 Å². The SMILES string of the molecule is CC(C)NC(C#N)CN1CC2CCCC(C2)C1. The molecule has 1 aliphatic carbocycles. The molecule has 1 N–H and O–H groups in total. The van der Waals surface area contributed by atoms with Crippen molar-refractivity contribution in [3.8, 4) is 6.07 Å². The highest BCUT2D eigenvalue weighted by Gasteiger charge is 2.31. The molecular weight excluding hydrogens is 210 g/mol. The summed E-state index contributed by atoms with van der Waals surface area (Å²) in [7, 11) is 0. The largest absolute Gasteiger partial charge is 0.300 e. The zero-order valence-corrected chi connectivity index (χ0v) is 11.2. The molecule has 2 aliphatic rings. The minimum Gasteiger partial charge on any atom is -0.300 e. The van der Waals surface area contributed by atoms with Gasteiger partial charge in [0, 0.05) is 25.7 Å². The number of hydrogen-bond donors (Lipinski definition) is 1. The second kappa shape index (κ2) is 5.84. The molecule has 3 heteroatoms. The summed E-state index contributed by atoms with van der Waals surface area (Å²) in [5.74, 6) is 1.81. The summed E-state index contributed by atoms with van der Waals surface area (Å²) in [6, 6.07) is 2.78. The van der Waals surface area contributed by atoms with Crippen molar-refractivity contribution < 1.29 is 0 Å². The molecule has 1 saturated carbocycles. The maximum absolute atomic E-state index is 9.17. The predicted molar refractivity (Wildman–Crippen MR) is 69.6 cm³/mol. The molecule has 3 unspecified atom stereocenters. The zero-order valence-electron chi connectivity index (χ0n) is 11.2. The lowest BCUT2D eigenvalue weighted by molar-refractivity contribution is 0.0820. The molecule has 0 radical (unpaired) electrons. The van der Waals surface area contributed by atoms with Gasteiger partial charge in [0.2, 0.25) is 0 Å². The standard InChI is InChI=1S/C14H25N3/c1-11(2)16-14(7-15)10-17-8-12-4-3-5-13(6-12)9-17/h11-14,16H,3-6,8-10H2,1-2H3. The van der Waals surface area contributed by atoms with Gasteiger partial charge in [-0.25, -0.2) is 0 Å². The molecule has 1 aliphatic heterocycles. The number of piperidine rings is 1. The summed E-state index contributed by atoms with van der Waals surface area (Å²) in [5.41, 5.74) is 0. The summed E-state index contributed by atoms with van der Waals surface area (Å²) >= 11 is 0. The van der Waals surface area contributed by atoms with E-state index in [1.807, 2.05) is 0 Å². The Bertz CT molecular complexity index is 270. The Balaban J connectivity index is 1.84. The second-order valence-electron chi connectivity index (χ2n) is 6.12. The molecule has 0 aromatic heterocycles. The van der Waals surface area contributed by atoms with E-state index in [2.05, 4.69) is 30.1 Å². The van der Waals surface area contributed by atoms with Gasteiger partial charge in [0.25, 0.3) is 0 Å². The van der Waals surface area contributed by atoms with Gasteiger partial charge < -0.3 is 4.90 Å². The van der Waals surface area contributed by atoms with Crippen molar-refractivity contribution in [2.75, 3.05) is 19.6 Å². The fourth-order valence-corrected chi connectivity index (χ4v) is 3.48. The van der Waals surface area contributed by atoms with Gasteiger partial charge >= 0.3 is 0 Å². The minimum atomic E-state index is -0.00572. The third kappa shape index (κ3) is 3.69. The molecule has 0 aromatic rings. The molecule has 2 rings (SSSR count). The van der Waals surface area contributed by atoms with Crippen molar-refractivity contribution in [3.05, 3.63) is 0 Å². The maximum Gasteiger partial charge on any atom is 0.108 e. The molecular formula is C14H25N3. The van der Waals surface area contributed by atoms with E-state index in [0.29, 0.717) is 6.04 Å². The lowest BCUT2D eigenvalue weighted by Crippen LogP contribution is -2.49. The smallest absolute Gasteiger partial charge is 0.108 e. The third-order valence-corrected chi connectivity index (χ3v) is 4.06. The monoisotopic (exact) mass is 235 g/mol. The first-order valence-electron chi connectivity index (χ1n) is 7.05. The predicted octanol–water partition coefficient (Wildman–Crippen LogP) is 2.00. The fraction of sp³-hybridized carbons (Fsp3) is 0.929. The van der Waals surface area contributed by atoms with Gasteiger partial charge in [-0.2, -0.15) is 5.26 Å². The van der Waals surface area contributed by atoms with Gasteiger partial charge in [-0.1, -0.05) is 6.42 Å². The van der Waals surface area contributed by atoms with Gasteiger partial charge in [0.05, 0.1) is 6.07 Å². The van der Waals surface area contributed by atoms with Crippen LogP contribution in [-0.2, 0) is 0 Å². The zero-order chi connectivity index (χ0) is 12.3. The molecule has 2 bridgehead atoms. The van der Waals surface area contributed by atoms with Crippen molar-refractivity contribution in [1.29, 1.82) is 5.26 Å². The van der Waals surface area contributed by atoms with E-state index in [1.165, 1.54) is 38.8 Å². The first-order chi connectivity index (χ1) is 8.17. The molecule has 0 aromatic carbocycles. The highest BCUT2D eigenvalue weighted by atomic mass is 15.2. The maximum atomic E-state index is 9.17. The van der Waals surface area contributed by atoms with E-state index >= 15 is 0 Å². The Morgan fingerprint density at radius 1 is 1.29 bits per heavy atom. The summed E-state index contributed by atoms with van der Waals surface area (Å²) in [6.45, 7) is 7.55. The molecule has 17 heavy (non-hydrogen) atoms. The molecule has 1 heterocycles. The Morgan fingerprint density at radius 3 is 2.47 bits per heavy atom. The molecule has 1 saturated heterocycles. The van der Waals surface area contributed by atoms with Gasteiger partial charge in [0.1, 0.15) is 6.04 Å². The van der Waals surface area contributed by atoms with Crippen LogP contribution >= 0.6 is 0 Å². The van der Waals surface area contributed by atoms with Crippen molar-refractivity contribution in [1.82, 2.24) is 10.2 Å². The topological polar surface area (TPSA) is 39.1 Å². The van der Waals surface area contributed by atoms with E-state index in [0.717, 1.165) is 18.4 Å². The first-order valence-corrected chi connectivity index (χ1v) is 7.05. The summed E-state index contributed by atoms with van der Waals surface area (Å²) in [5, 5.41) is 12.5. The molecule has 3 nitrogen and oxygen atoms in total. The number of fused-ring (bicyclic) bond motifs is 2. The summed E-state index contributed by atoms with van der Waals surface area (Å²) in [6.07, 6.45) is 5.67. The van der Waals surface area contributed by atoms with Gasteiger partial charge in [-0.15, -0.1) is 0 Å². The van der Waals surface area contributed by atoms with Crippen LogP contribution in [0.25, 0.3) is 0 Å². The number of nitrogens with zero attached hydrogens (tertiary/aromatic N) is 2. The Labute approximate surface area is 105 Å². The van der Waals surface area contributed by atoms with Crippen LogP contribution in [0.4, 0.5) is 0 Å². The second-order valence-corrected chi connectivity index (χ2v) is 6.12. The number of likely N-dealkylation sites (tertiary alicyclic amines) is 1. The lowest BCUT2D eigenvalue weighted by Gasteiger charge is -2.42. The molecule has 0 spiro atoms. The van der Waals surface area contributed by atoms with E-state index in [4.69, 9.17) is 5.26 Å². The van der Waals surface area contributed by atoms with Crippen LogP contribution in [-0.4, -0.2) is 36.6 Å². The van der Waals surface area contributed by atoms with Crippen LogP contribution in [0.5, 0.6) is 0 Å². The number of nitrogens with one attached hydrogen (secondary N) is 1. The normalized spacial score (nSPS) is 31.2. The molecule has 3 atom stereocenters.